The van der Waals surface area contributed by atoms with Crippen molar-refractivity contribution < 1.29 is 9.53 Å². The van der Waals surface area contributed by atoms with Gasteiger partial charge in [-0.15, -0.1) is 6.58 Å². The summed E-state index contributed by atoms with van der Waals surface area (Å²) in [6, 6.07) is 0. The van der Waals surface area contributed by atoms with E-state index in [0.29, 0.717) is 0 Å². The number of carbonyl (C=O) groups is 1. The van der Waals surface area contributed by atoms with Crippen LogP contribution in [0.3, 0.4) is 0 Å². The molecule has 0 N–H and O–H groups in total. The fourth-order valence-electron chi connectivity index (χ4n) is 2.77. The number of methoxy groups -OCH3 is 1. The van der Waals surface area contributed by atoms with Crippen molar-refractivity contribution in [2.24, 2.45) is 0 Å². The molecular weight excluding hydrogens is 236 g/mol. The van der Waals surface area contributed by atoms with Crippen LogP contribution in [0.1, 0.15) is 53.4 Å². The molecule has 0 amide bonds. The summed E-state index contributed by atoms with van der Waals surface area (Å²) in [5.41, 5.74) is 3.33. The van der Waals surface area contributed by atoms with Gasteiger partial charge in [-0.05, 0) is 51.2 Å². The lowest BCUT2D eigenvalue weighted by molar-refractivity contribution is -0.113. The smallest absolute Gasteiger partial charge is 0.187 e. The molecular formula is C17H26O2. The Morgan fingerprint density at radius 3 is 2.53 bits per heavy atom. The second-order valence-corrected chi connectivity index (χ2v) is 5.39. The fraction of sp³-hybridized carbons (Fsp3) is 0.588. The summed E-state index contributed by atoms with van der Waals surface area (Å²) >= 11 is 0. The summed E-state index contributed by atoms with van der Waals surface area (Å²) in [5, 5.41) is 0. The number of carbonyl (C=O) groups excluding carboxylic acids is 1. The lowest BCUT2D eigenvalue weighted by Gasteiger charge is -2.28. The number of rotatable bonds is 6. The van der Waals surface area contributed by atoms with Crippen LogP contribution in [-0.4, -0.2) is 18.5 Å². The summed E-state index contributed by atoms with van der Waals surface area (Å²) in [7, 11) is 1.68. The van der Waals surface area contributed by atoms with Crippen molar-refractivity contribution in [1.82, 2.24) is 0 Å². The van der Waals surface area contributed by atoms with Crippen LogP contribution in [0.5, 0.6) is 0 Å². The molecule has 0 aliphatic heterocycles. The highest BCUT2D eigenvalue weighted by atomic mass is 16.5. The van der Waals surface area contributed by atoms with Gasteiger partial charge in [0.2, 0.25) is 0 Å². The predicted molar refractivity (Wildman–Crippen MR) is 80.2 cm³/mol. The van der Waals surface area contributed by atoms with E-state index in [4.69, 9.17) is 4.74 Å². The number of ether oxygens (including phenoxy) is 1. The Balaban J connectivity index is 3.34. The molecule has 1 rings (SSSR count). The van der Waals surface area contributed by atoms with Crippen LogP contribution in [0.2, 0.25) is 0 Å². The van der Waals surface area contributed by atoms with E-state index >= 15 is 0 Å². The maximum atomic E-state index is 12.5. The zero-order chi connectivity index (χ0) is 14.6. The van der Waals surface area contributed by atoms with Gasteiger partial charge in [0, 0.05) is 12.7 Å². The van der Waals surface area contributed by atoms with Gasteiger partial charge in [0.15, 0.2) is 5.78 Å². The molecule has 1 unspecified atom stereocenters. The van der Waals surface area contributed by atoms with Crippen molar-refractivity contribution in [2.45, 2.75) is 59.0 Å². The summed E-state index contributed by atoms with van der Waals surface area (Å²) in [6.07, 6.45) is 5.81. The van der Waals surface area contributed by atoms with Crippen LogP contribution < -0.4 is 0 Å². The third-order valence-corrected chi connectivity index (χ3v) is 4.31. The molecule has 0 heterocycles. The molecule has 1 aliphatic carbocycles. The monoisotopic (exact) mass is 262 g/mol. The van der Waals surface area contributed by atoms with Gasteiger partial charge in [0.05, 0.1) is 0 Å². The first kappa shape index (κ1) is 15.9. The maximum absolute atomic E-state index is 12.5. The number of unbranched alkanes of at least 4 members (excludes halogenated alkanes) is 1. The zero-order valence-electron chi connectivity index (χ0n) is 12.9. The van der Waals surface area contributed by atoms with Crippen molar-refractivity contribution in [3.63, 3.8) is 0 Å². The second kappa shape index (κ2) is 6.33. The Hall–Kier alpha value is -1.15. The fourth-order valence-corrected chi connectivity index (χ4v) is 2.77. The highest BCUT2D eigenvalue weighted by molar-refractivity contribution is 6.14. The molecule has 0 aromatic rings. The molecule has 1 aliphatic rings. The Kier molecular flexibility index (Phi) is 5.30. The minimum atomic E-state index is -0.562. The van der Waals surface area contributed by atoms with E-state index < -0.39 is 5.60 Å². The van der Waals surface area contributed by atoms with Gasteiger partial charge in [0.25, 0.3) is 0 Å². The molecule has 19 heavy (non-hydrogen) atoms. The third kappa shape index (κ3) is 2.74. The molecule has 0 bridgehead atoms. The van der Waals surface area contributed by atoms with Crippen LogP contribution in [0.4, 0.5) is 0 Å². The number of allylic oxidation sites excluding steroid dienone is 3. The highest BCUT2D eigenvalue weighted by Crippen LogP contribution is 2.42. The average molecular weight is 262 g/mol. The SMILES string of the molecule is C=CC/C(CCCC)=C1\C(=O)C(C)=C(C)C1(C)OC. The first-order valence-corrected chi connectivity index (χ1v) is 7.05. The van der Waals surface area contributed by atoms with Gasteiger partial charge >= 0.3 is 0 Å². The number of hydrogen-bond acceptors (Lipinski definition) is 2. The molecule has 0 aromatic heterocycles. The first-order valence-electron chi connectivity index (χ1n) is 7.05. The van der Waals surface area contributed by atoms with Crippen molar-refractivity contribution >= 4 is 5.78 Å². The molecule has 0 saturated carbocycles. The van der Waals surface area contributed by atoms with Crippen LogP contribution in [-0.2, 0) is 9.53 Å². The molecule has 0 saturated heterocycles. The zero-order valence-corrected chi connectivity index (χ0v) is 12.9. The Morgan fingerprint density at radius 1 is 1.42 bits per heavy atom. The molecule has 2 nitrogen and oxygen atoms in total. The average Bonchev–Trinajstić information content (AvgIpc) is 2.57. The number of hydrogen-bond donors (Lipinski definition) is 0. The lowest BCUT2D eigenvalue weighted by atomic mass is 9.86. The second-order valence-electron chi connectivity index (χ2n) is 5.39. The Labute approximate surface area is 117 Å². The topological polar surface area (TPSA) is 26.3 Å². The van der Waals surface area contributed by atoms with Gasteiger partial charge < -0.3 is 4.74 Å². The van der Waals surface area contributed by atoms with Crippen LogP contribution >= 0.6 is 0 Å². The Bertz CT molecular complexity index is 440. The summed E-state index contributed by atoms with van der Waals surface area (Å²) in [5.74, 6) is 0.148. The van der Waals surface area contributed by atoms with E-state index in [1.807, 2.05) is 26.8 Å². The van der Waals surface area contributed by atoms with Gasteiger partial charge in [0.1, 0.15) is 5.60 Å². The van der Waals surface area contributed by atoms with E-state index in [1.165, 1.54) is 5.57 Å². The van der Waals surface area contributed by atoms with E-state index in [2.05, 4.69) is 13.5 Å². The summed E-state index contributed by atoms with van der Waals surface area (Å²) < 4.78 is 5.70. The number of Topliss-reactive ketones (excluding diaryl/α,β-unsaturated/α-hetero) is 1. The van der Waals surface area contributed by atoms with Crippen LogP contribution in [0.15, 0.2) is 34.9 Å². The molecule has 0 aromatic carbocycles. The minimum Gasteiger partial charge on any atom is -0.369 e. The molecule has 1 atom stereocenters. The molecule has 2 heteroatoms. The predicted octanol–water partition coefficient (Wildman–Crippen LogP) is 4.37. The molecule has 0 radical (unpaired) electrons. The standard InChI is InChI=1S/C17H26O2/c1-7-9-11-14(10-8-2)15-16(18)12(3)13(4)17(15,5)19-6/h8H,2,7,9-11H2,1,3-6H3/b15-14-. The summed E-state index contributed by atoms with van der Waals surface area (Å²) in [4.78, 5) is 12.5. The van der Waals surface area contributed by atoms with E-state index in [-0.39, 0.29) is 5.78 Å². The van der Waals surface area contributed by atoms with Crippen molar-refractivity contribution in [3.8, 4) is 0 Å². The van der Waals surface area contributed by atoms with Crippen molar-refractivity contribution in [3.05, 3.63) is 34.9 Å². The van der Waals surface area contributed by atoms with Gasteiger partial charge in [-0.1, -0.05) is 25.0 Å². The quantitative estimate of drug-likeness (QED) is 0.524. The van der Waals surface area contributed by atoms with Crippen LogP contribution in [0, 0.1) is 0 Å². The highest BCUT2D eigenvalue weighted by Gasteiger charge is 2.44. The lowest BCUT2D eigenvalue weighted by Crippen LogP contribution is -2.31. The maximum Gasteiger partial charge on any atom is 0.187 e. The largest absolute Gasteiger partial charge is 0.369 e. The summed E-state index contributed by atoms with van der Waals surface area (Å²) in [6.45, 7) is 11.9. The molecule has 106 valence electrons. The normalized spacial score (nSPS) is 26.1. The van der Waals surface area contributed by atoms with Gasteiger partial charge in [-0.2, -0.15) is 0 Å². The van der Waals surface area contributed by atoms with E-state index in [9.17, 15) is 4.79 Å². The van der Waals surface area contributed by atoms with Crippen molar-refractivity contribution in [2.75, 3.05) is 7.11 Å². The van der Waals surface area contributed by atoms with Gasteiger partial charge in [-0.25, -0.2) is 0 Å². The molecule has 0 spiro atoms. The first-order chi connectivity index (χ1) is 8.93. The van der Waals surface area contributed by atoms with E-state index in [0.717, 1.165) is 42.4 Å². The van der Waals surface area contributed by atoms with Gasteiger partial charge in [-0.3, -0.25) is 4.79 Å². The third-order valence-electron chi connectivity index (χ3n) is 4.31. The Morgan fingerprint density at radius 2 is 2.05 bits per heavy atom. The number of ketones is 1. The van der Waals surface area contributed by atoms with Crippen LogP contribution in [0.25, 0.3) is 0 Å². The van der Waals surface area contributed by atoms with E-state index in [1.54, 1.807) is 7.11 Å². The van der Waals surface area contributed by atoms with Crippen molar-refractivity contribution in [1.29, 1.82) is 0 Å². The minimum absolute atomic E-state index is 0.148. The molecule has 0 fully saturated rings.